The molecule has 1 atom stereocenters. The first-order valence-corrected chi connectivity index (χ1v) is 9.62. The Morgan fingerprint density at radius 2 is 1.96 bits per heavy atom. The number of carbonyl (C=O) groups excluding carboxylic acids is 1. The summed E-state index contributed by atoms with van der Waals surface area (Å²) >= 11 is 0. The Bertz CT molecular complexity index is 606. The number of likely N-dealkylation sites (N-methyl/N-ethyl adjacent to an activating group) is 1. The summed E-state index contributed by atoms with van der Waals surface area (Å²) in [5.74, 6) is 2.14. The highest BCUT2D eigenvalue weighted by molar-refractivity contribution is 14.0. The van der Waals surface area contributed by atoms with Gasteiger partial charge in [0, 0.05) is 38.8 Å². The number of nitrogens with one attached hydrogen (secondary N) is 1. The number of aliphatic imine (C=N–C) groups is 1. The fourth-order valence-corrected chi connectivity index (χ4v) is 3.50. The zero-order valence-corrected chi connectivity index (χ0v) is 18.9. The molecule has 1 aromatic rings. The van der Waals surface area contributed by atoms with Crippen LogP contribution >= 0.6 is 24.0 Å². The molecule has 1 aliphatic heterocycles. The molecule has 1 aliphatic carbocycles. The first kappa shape index (κ1) is 22.0. The number of amides is 1. The van der Waals surface area contributed by atoms with Crippen LogP contribution in [0.4, 0.5) is 0 Å². The summed E-state index contributed by atoms with van der Waals surface area (Å²) in [4.78, 5) is 23.7. The van der Waals surface area contributed by atoms with Crippen molar-refractivity contribution in [3.05, 3.63) is 24.2 Å². The third-order valence-corrected chi connectivity index (χ3v) is 5.19. The molecule has 2 aliphatic rings. The van der Waals surface area contributed by atoms with Crippen LogP contribution in [-0.2, 0) is 0 Å². The SMILES string of the molecule is CCNC(=NCC(C1CC1)N(C)C)N1CCN(C(=O)c2ccco2)CC1.I. The van der Waals surface area contributed by atoms with Gasteiger partial charge in [-0.25, -0.2) is 0 Å². The quantitative estimate of drug-likeness (QED) is 0.376. The average Bonchev–Trinajstić information content (AvgIpc) is 3.32. The second-order valence-electron chi connectivity index (χ2n) is 7.32. The van der Waals surface area contributed by atoms with Crippen molar-refractivity contribution in [2.45, 2.75) is 25.8 Å². The van der Waals surface area contributed by atoms with Crippen molar-refractivity contribution >= 4 is 35.8 Å². The molecule has 152 valence electrons. The molecule has 1 saturated heterocycles. The van der Waals surface area contributed by atoms with Crippen molar-refractivity contribution < 1.29 is 9.21 Å². The normalized spacial score (nSPS) is 19.0. The number of nitrogens with zero attached hydrogens (tertiary/aromatic N) is 4. The van der Waals surface area contributed by atoms with Crippen LogP contribution in [0, 0.1) is 5.92 Å². The van der Waals surface area contributed by atoms with Crippen molar-refractivity contribution in [3.8, 4) is 0 Å². The Morgan fingerprint density at radius 3 is 2.48 bits per heavy atom. The van der Waals surface area contributed by atoms with Crippen LogP contribution in [0.2, 0.25) is 0 Å². The third-order valence-electron chi connectivity index (χ3n) is 5.19. The first-order chi connectivity index (χ1) is 12.6. The minimum atomic E-state index is -0.0296. The fraction of sp³-hybridized carbons (Fsp3) is 0.684. The summed E-state index contributed by atoms with van der Waals surface area (Å²) in [6.45, 7) is 6.71. The monoisotopic (exact) mass is 489 g/mol. The van der Waals surface area contributed by atoms with Crippen LogP contribution in [0.25, 0.3) is 0 Å². The highest BCUT2D eigenvalue weighted by atomic mass is 127. The van der Waals surface area contributed by atoms with Crippen molar-refractivity contribution in [2.75, 3.05) is 53.4 Å². The van der Waals surface area contributed by atoms with Gasteiger partial charge in [-0.3, -0.25) is 9.79 Å². The number of rotatable bonds is 6. The van der Waals surface area contributed by atoms with Gasteiger partial charge in [0.15, 0.2) is 11.7 Å². The Balaban J connectivity index is 0.00000261. The molecule has 0 radical (unpaired) electrons. The molecule has 8 heteroatoms. The summed E-state index contributed by atoms with van der Waals surface area (Å²) in [5, 5.41) is 3.41. The minimum absolute atomic E-state index is 0. The molecule has 3 rings (SSSR count). The van der Waals surface area contributed by atoms with Crippen molar-refractivity contribution in [1.82, 2.24) is 20.0 Å². The van der Waals surface area contributed by atoms with E-state index in [0.29, 0.717) is 24.9 Å². The topological polar surface area (TPSA) is 64.3 Å². The minimum Gasteiger partial charge on any atom is -0.459 e. The van der Waals surface area contributed by atoms with E-state index in [9.17, 15) is 4.79 Å². The molecule has 2 heterocycles. The summed E-state index contributed by atoms with van der Waals surface area (Å²) in [6, 6.07) is 3.99. The maximum Gasteiger partial charge on any atom is 0.289 e. The zero-order valence-electron chi connectivity index (χ0n) is 16.6. The summed E-state index contributed by atoms with van der Waals surface area (Å²) in [7, 11) is 4.29. The van der Waals surface area contributed by atoms with Gasteiger partial charge in [-0.15, -0.1) is 24.0 Å². The smallest absolute Gasteiger partial charge is 0.289 e. The Hall–Kier alpha value is -1.29. The predicted octanol–water partition coefficient (Wildman–Crippen LogP) is 1.96. The van der Waals surface area contributed by atoms with E-state index in [2.05, 4.69) is 36.1 Å². The second kappa shape index (κ2) is 10.3. The van der Waals surface area contributed by atoms with Crippen molar-refractivity contribution in [3.63, 3.8) is 0 Å². The standard InChI is InChI=1S/C19H31N5O2.HI/c1-4-20-19(21-14-16(22(2)3)15-7-8-15)24-11-9-23(10-12-24)18(25)17-6-5-13-26-17;/h5-6,13,15-16H,4,7-12,14H2,1-3H3,(H,20,21);1H. The van der Waals surface area contributed by atoms with Gasteiger partial charge in [0.1, 0.15) is 0 Å². The largest absolute Gasteiger partial charge is 0.459 e. The molecule has 0 spiro atoms. The van der Waals surface area contributed by atoms with E-state index in [1.54, 1.807) is 18.4 Å². The lowest BCUT2D eigenvalue weighted by Crippen LogP contribution is -2.54. The zero-order chi connectivity index (χ0) is 18.5. The molecule has 1 amide bonds. The van der Waals surface area contributed by atoms with Crippen LogP contribution < -0.4 is 5.32 Å². The van der Waals surface area contributed by atoms with Crippen LogP contribution in [0.15, 0.2) is 27.8 Å². The molecule has 1 saturated carbocycles. The Labute approximate surface area is 179 Å². The van der Waals surface area contributed by atoms with E-state index < -0.39 is 0 Å². The Kier molecular flexibility index (Phi) is 8.40. The predicted molar refractivity (Wildman–Crippen MR) is 118 cm³/mol. The van der Waals surface area contributed by atoms with Gasteiger partial charge in [0.05, 0.1) is 12.8 Å². The highest BCUT2D eigenvalue weighted by Gasteiger charge is 2.32. The number of halogens is 1. The lowest BCUT2D eigenvalue weighted by molar-refractivity contribution is 0.0657. The van der Waals surface area contributed by atoms with Gasteiger partial charge in [-0.05, 0) is 51.9 Å². The van der Waals surface area contributed by atoms with Gasteiger partial charge in [-0.1, -0.05) is 0 Å². The molecular formula is C19H32IN5O2. The fourth-order valence-electron chi connectivity index (χ4n) is 3.50. The summed E-state index contributed by atoms with van der Waals surface area (Å²) in [5.41, 5.74) is 0. The third kappa shape index (κ3) is 5.84. The molecule has 1 aromatic heterocycles. The number of carbonyl (C=O) groups is 1. The molecule has 0 aromatic carbocycles. The van der Waals surface area contributed by atoms with Gasteiger partial charge in [-0.2, -0.15) is 0 Å². The van der Waals surface area contributed by atoms with E-state index in [-0.39, 0.29) is 29.9 Å². The van der Waals surface area contributed by atoms with E-state index in [1.807, 2.05) is 4.90 Å². The molecule has 1 N–H and O–H groups in total. The van der Waals surface area contributed by atoms with Crippen LogP contribution in [0.5, 0.6) is 0 Å². The molecule has 27 heavy (non-hydrogen) atoms. The number of guanidine groups is 1. The molecular weight excluding hydrogens is 457 g/mol. The number of furan rings is 1. The first-order valence-electron chi connectivity index (χ1n) is 9.62. The number of piperazine rings is 1. The van der Waals surface area contributed by atoms with Gasteiger partial charge < -0.3 is 24.4 Å². The van der Waals surface area contributed by atoms with Crippen LogP contribution in [0.1, 0.15) is 30.3 Å². The van der Waals surface area contributed by atoms with Crippen molar-refractivity contribution in [2.24, 2.45) is 10.9 Å². The van der Waals surface area contributed by atoms with E-state index in [0.717, 1.165) is 38.1 Å². The maximum atomic E-state index is 12.4. The number of hydrogen-bond acceptors (Lipinski definition) is 4. The van der Waals surface area contributed by atoms with Gasteiger partial charge >= 0.3 is 0 Å². The van der Waals surface area contributed by atoms with E-state index in [1.165, 1.54) is 12.8 Å². The maximum absolute atomic E-state index is 12.4. The Morgan fingerprint density at radius 1 is 1.30 bits per heavy atom. The van der Waals surface area contributed by atoms with E-state index in [4.69, 9.17) is 9.41 Å². The molecule has 0 bridgehead atoms. The molecule has 1 unspecified atom stereocenters. The molecule has 2 fully saturated rings. The van der Waals surface area contributed by atoms with Crippen molar-refractivity contribution in [1.29, 1.82) is 0 Å². The van der Waals surface area contributed by atoms with E-state index >= 15 is 0 Å². The van der Waals surface area contributed by atoms with Crippen LogP contribution in [0.3, 0.4) is 0 Å². The lowest BCUT2D eigenvalue weighted by atomic mass is 10.2. The second-order valence-corrected chi connectivity index (χ2v) is 7.32. The van der Waals surface area contributed by atoms with Gasteiger partial charge in [0.2, 0.25) is 0 Å². The highest BCUT2D eigenvalue weighted by Crippen LogP contribution is 2.34. The van der Waals surface area contributed by atoms with Gasteiger partial charge in [0.25, 0.3) is 5.91 Å². The molecule has 7 nitrogen and oxygen atoms in total. The van der Waals surface area contributed by atoms with Crippen LogP contribution in [-0.4, -0.2) is 86.0 Å². The summed E-state index contributed by atoms with van der Waals surface area (Å²) < 4.78 is 5.23. The summed E-state index contributed by atoms with van der Waals surface area (Å²) in [6.07, 6.45) is 4.19. The lowest BCUT2D eigenvalue weighted by Gasteiger charge is -2.36. The average molecular weight is 489 g/mol. The number of hydrogen-bond donors (Lipinski definition) is 1.